The minimum absolute atomic E-state index is 0.0621. The van der Waals surface area contributed by atoms with Crippen LogP contribution in [0.25, 0.3) is 0 Å². The van der Waals surface area contributed by atoms with Crippen molar-refractivity contribution in [3.8, 4) is 5.75 Å². The van der Waals surface area contributed by atoms with E-state index in [4.69, 9.17) is 9.84 Å². The second-order valence-electron chi connectivity index (χ2n) is 4.31. The summed E-state index contributed by atoms with van der Waals surface area (Å²) in [7, 11) is 3.81. The smallest absolute Gasteiger partial charge is 0.341 e. The van der Waals surface area contributed by atoms with Crippen molar-refractivity contribution in [3.05, 3.63) is 24.3 Å². The summed E-state index contributed by atoms with van der Waals surface area (Å²) in [6, 6.07) is 6.57. The molecule has 0 fully saturated rings. The molecule has 0 aliphatic carbocycles. The second kappa shape index (κ2) is 7.38. The van der Waals surface area contributed by atoms with E-state index in [1.807, 2.05) is 19.0 Å². The molecular weight excluding hydrogens is 248 g/mol. The van der Waals surface area contributed by atoms with Crippen LogP contribution < -0.4 is 10.1 Å². The van der Waals surface area contributed by atoms with Crippen LogP contribution in [0.5, 0.6) is 5.75 Å². The van der Waals surface area contributed by atoms with E-state index in [-0.39, 0.29) is 12.5 Å². The maximum atomic E-state index is 11.6. The fraction of sp³-hybridized carbons (Fsp3) is 0.385. The van der Waals surface area contributed by atoms with E-state index < -0.39 is 5.97 Å². The Labute approximate surface area is 112 Å². The molecule has 0 saturated carbocycles. The molecule has 0 aliphatic heterocycles. The standard InChI is InChI=1S/C13H18N2O4/c1-15(2)8-7-12(16)14-10-3-5-11(6-4-10)19-9-13(17)18/h3-6H,7-9H2,1-2H3,(H,14,16)(H,17,18). The molecular formula is C13H18N2O4. The molecule has 0 saturated heterocycles. The molecule has 0 heterocycles. The lowest BCUT2D eigenvalue weighted by Crippen LogP contribution is -2.20. The molecule has 1 amide bonds. The average molecular weight is 266 g/mol. The predicted octanol–water partition coefficient (Wildman–Crippen LogP) is 1.04. The third kappa shape index (κ3) is 6.42. The zero-order valence-corrected chi connectivity index (χ0v) is 11.0. The van der Waals surface area contributed by atoms with E-state index in [0.29, 0.717) is 24.4 Å². The molecule has 0 atom stereocenters. The molecule has 0 bridgehead atoms. The summed E-state index contributed by atoms with van der Waals surface area (Å²) in [6.45, 7) is 0.306. The number of aliphatic carboxylic acids is 1. The summed E-state index contributed by atoms with van der Waals surface area (Å²) in [5.74, 6) is -0.636. The minimum atomic E-state index is -1.03. The number of carboxylic acids is 1. The van der Waals surface area contributed by atoms with Gasteiger partial charge in [-0.15, -0.1) is 0 Å². The number of carbonyl (C=O) groups is 2. The largest absolute Gasteiger partial charge is 0.482 e. The van der Waals surface area contributed by atoms with Crippen molar-refractivity contribution in [2.24, 2.45) is 0 Å². The summed E-state index contributed by atoms with van der Waals surface area (Å²) in [5.41, 5.74) is 0.659. The molecule has 0 spiro atoms. The molecule has 1 aromatic carbocycles. The van der Waals surface area contributed by atoms with Crippen LogP contribution in [0.15, 0.2) is 24.3 Å². The van der Waals surface area contributed by atoms with Crippen LogP contribution in [0.1, 0.15) is 6.42 Å². The molecule has 0 radical (unpaired) electrons. The molecule has 2 N–H and O–H groups in total. The Morgan fingerprint density at radius 2 is 1.89 bits per heavy atom. The number of amides is 1. The monoisotopic (exact) mass is 266 g/mol. The first-order chi connectivity index (χ1) is 8.97. The normalized spacial score (nSPS) is 10.3. The maximum Gasteiger partial charge on any atom is 0.341 e. The molecule has 1 rings (SSSR count). The van der Waals surface area contributed by atoms with Gasteiger partial charge in [0.05, 0.1) is 0 Å². The number of rotatable bonds is 7. The zero-order chi connectivity index (χ0) is 14.3. The Morgan fingerprint density at radius 3 is 2.42 bits per heavy atom. The van der Waals surface area contributed by atoms with Crippen molar-refractivity contribution in [1.29, 1.82) is 0 Å². The van der Waals surface area contributed by atoms with Gasteiger partial charge in [-0.05, 0) is 38.4 Å². The number of carbonyl (C=O) groups excluding carboxylic acids is 1. The van der Waals surface area contributed by atoms with Gasteiger partial charge in [0.25, 0.3) is 0 Å². The molecule has 6 heteroatoms. The number of anilines is 1. The van der Waals surface area contributed by atoms with Gasteiger partial charge in [0.2, 0.25) is 5.91 Å². The highest BCUT2D eigenvalue weighted by Gasteiger charge is 2.04. The van der Waals surface area contributed by atoms with Crippen LogP contribution in [0.4, 0.5) is 5.69 Å². The quantitative estimate of drug-likeness (QED) is 0.771. The molecule has 0 unspecified atom stereocenters. The predicted molar refractivity (Wildman–Crippen MR) is 71.4 cm³/mol. The van der Waals surface area contributed by atoms with Gasteiger partial charge in [-0.2, -0.15) is 0 Å². The Kier molecular flexibility index (Phi) is 5.81. The first kappa shape index (κ1) is 15.0. The first-order valence-electron chi connectivity index (χ1n) is 5.86. The molecule has 104 valence electrons. The number of benzene rings is 1. The summed E-state index contributed by atoms with van der Waals surface area (Å²) in [6.07, 6.45) is 0.421. The van der Waals surface area contributed by atoms with Gasteiger partial charge in [-0.3, -0.25) is 4.79 Å². The van der Waals surface area contributed by atoms with E-state index in [0.717, 1.165) is 0 Å². The van der Waals surface area contributed by atoms with Gasteiger partial charge in [0, 0.05) is 18.7 Å². The van der Waals surface area contributed by atoms with Crippen molar-refractivity contribution in [2.75, 3.05) is 32.6 Å². The van der Waals surface area contributed by atoms with Crippen molar-refractivity contribution in [3.63, 3.8) is 0 Å². The fourth-order valence-corrected chi connectivity index (χ4v) is 1.33. The van der Waals surface area contributed by atoms with Crippen LogP contribution in [0.2, 0.25) is 0 Å². The maximum absolute atomic E-state index is 11.6. The third-order valence-corrected chi connectivity index (χ3v) is 2.29. The Morgan fingerprint density at radius 1 is 1.26 bits per heavy atom. The zero-order valence-electron chi connectivity index (χ0n) is 11.0. The fourth-order valence-electron chi connectivity index (χ4n) is 1.33. The van der Waals surface area contributed by atoms with Crippen LogP contribution in [-0.2, 0) is 9.59 Å². The molecule has 1 aromatic rings. The van der Waals surface area contributed by atoms with Crippen LogP contribution in [-0.4, -0.2) is 49.1 Å². The summed E-state index contributed by atoms with van der Waals surface area (Å²) in [4.78, 5) is 23.8. The molecule has 0 aliphatic rings. The van der Waals surface area contributed by atoms with Gasteiger partial charge in [-0.1, -0.05) is 0 Å². The number of nitrogens with one attached hydrogen (secondary N) is 1. The average Bonchev–Trinajstić information content (AvgIpc) is 2.35. The lowest BCUT2D eigenvalue weighted by atomic mass is 10.3. The Hall–Kier alpha value is -2.08. The van der Waals surface area contributed by atoms with Crippen molar-refractivity contribution in [1.82, 2.24) is 4.90 Å². The highest BCUT2D eigenvalue weighted by molar-refractivity contribution is 5.90. The van der Waals surface area contributed by atoms with Gasteiger partial charge in [0.1, 0.15) is 5.75 Å². The van der Waals surface area contributed by atoms with Crippen molar-refractivity contribution >= 4 is 17.6 Å². The van der Waals surface area contributed by atoms with Gasteiger partial charge in [0.15, 0.2) is 6.61 Å². The topological polar surface area (TPSA) is 78.9 Å². The van der Waals surface area contributed by atoms with E-state index in [1.54, 1.807) is 24.3 Å². The molecule has 19 heavy (non-hydrogen) atoms. The van der Waals surface area contributed by atoms with E-state index in [9.17, 15) is 9.59 Å². The van der Waals surface area contributed by atoms with E-state index in [1.165, 1.54) is 0 Å². The van der Waals surface area contributed by atoms with Crippen molar-refractivity contribution in [2.45, 2.75) is 6.42 Å². The highest BCUT2D eigenvalue weighted by atomic mass is 16.5. The van der Waals surface area contributed by atoms with Crippen LogP contribution in [0.3, 0.4) is 0 Å². The number of hydrogen-bond acceptors (Lipinski definition) is 4. The lowest BCUT2D eigenvalue weighted by molar-refractivity contribution is -0.139. The van der Waals surface area contributed by atoms with Gasteiger partial charge >= 0.3 is 5.97 Å². The van der Waals surface area contributed by atoms with Crippen molar-refractivity contribution < 1.29 is 19.4 Å². The summed E-state index contributed by atoms with van der Waals surface area (Å²) in [5, 5.41) is 11.2. The number of nitrogens with zero attached hydrogens (tertiary/aromatic N) is 1. The minimum Gasteiger partial charge on any atom is -0.482 e. The Balaban J connectivity index is 2.43. The second-order valence-corrected chi connectivity index (χ2v) is 4.31. The van der Waals surface area contributed by atoms with Gasteiger partial charge in [-0.25, -0.2) is 4.79 Å². The molecule has 0 aromatic heterocycles. The number of hydrogen-bond donors (Lipinski definition) is 2. The first-order valence-corrected chi connectivity index (χ1v) is 5.86. The lowest BCUT2D eigenvalue weighted by Gasteiger charge is -2.10. The molecule has 6 nitrogen and oxygen atoms in total. The van der Waals surface area contributed by atoms with E-state index in [2.05, 4.69) is 5.32 Å². The summed E-state index contributed by atoms with van der Waals surface area (Å²) < 4.78 is 4.99. The highest BCUT2D eigenvalue weighted by Crippen LogP contribution is 2.15. The number of carboxylic acid groups (broad SMARTS) is 1. The Bertz CT molecular complexity index is 429. The van der Waals surface area contributed by atoms with Crippen LogP contribution >= 0.6 is 0 Å². The van der Waals surface area contributed by atoms with Gasteiger partial charge < -0.3 is 20.1 Å². The number of ether oxygens (including phenoxy) is 1. The summed E-state index contributed by atoms with van der Waals surface area (Å²) >= 11 is 0. The SMILES string of the molecule is CN(C)CCC(=O)Nc1ccc(OCC(=O)O)cc1. The van der Waals surface area contributed by atoms with Crippen LogP contribution in [0, 0.1) is 0 Å². The third-order valence-electron chi connectivity index (χ3n) is 2.29. The van der Waals surface area contributed by atoms with E-state index >= 15 is 0 Å².